The summed E-state index contributed by atoms with van der Waals surface area (Å²) in [5, 5.41) is 13.6. The smallest absolute Gasteiger partial charge is 0.321 e. The molecule has 1 aliphatic heterocycles. The Labute approximate surface area is 176 Å². The van der Waals surface area contributed by atoms with E-state index in [1.807, 2.05) is 37.2 Å². The quantitative estimate of drug-likeness (QED) is 0.678. The third-order valence-corrected chi connectivity index (χ3v) is 5.57. The van der Waals surface area contributed by atoms with Crippen molar-refractivity contribution in [1.82, 2.24) is 30.3 Å². The molecular formula is C19H32N6O3S. The Balaban J connectivity index is 2.01. The van der Waals surface area contributed by atoms with E-state index in [9.17, 15) is 14.4 Å². The Morgan fingerprint density at radius 3 is 2.59 bits per heavy atom. The number of thioether (sulfide) groups is 1. The van der Waals surface area contributed by atoms with Crippen molar-refractivity contribution in [2.24, 2.45) is 0 Å². The fourth-order valence-electron chi connectivity index (χ4n) is 3.01. The third kappa shape index (κ3) is 7.02. The minimum Gasteiger partial charge on any atom is -0.335 e. The molecule has 0 unspecified atom stereocenters. The average molecular weight is 425 g/mol. The molecule has 0 radical (unpaired) electrons. The summed E-state index contributed by atoms with van der Waals surface area (Å²) in [6, 6.07) is -0.521. The van der Waals surface area contributed by atoms with Gasteiger partial charge in [-0.05, 0) is 47.5 Å². The van der Waals surface area contributed by atoms with E-state index in [0.29, 0.717) is 30.5 Å². The lowest BCUT2D eigenvalue weighted by atomic mass is 10.1. The summed E-state index contributed by atoms with van der Waals surface area (Å²) in [6.45, 7) is 11.0. The van der Waals surface area contributed by atoms with Crippen molar-refractivity contribution in [2.75, 3.05) is 6.54 Å². The van der Waals surface area contributed by atoms with Gasteiger partial charge in [0.1, 0.15) is 0 Å². The minimum absolute atomic E-state index is 0.153. The molecule has 4 amide bonds. The molecule has 0 saturated carbocycles. The highest BCUT2D eigenvalue weighted by Gasteiger charge is 2.24. The number of rotatable bonds is 6. The number of nitrogens with one attached hydrogen (secondary N) is 2. The summed E-state index contributed by atoms with van der Waals surface area (Å²) in [7, 11) is 0. The second kappa shape index (κ2) is 10.1. The second-order valence-electron chi connectivity index (χ2n) is 8.22. The average Bonchev–Trinajstić information content (AvgIpc) is 2.87. The van der Waals surface area contributed by atoms with Crippen molar-refractivity contribution < 1.29 is 14.4 Å². The lowest BCUT2D eigenvalue weighted by Gasteiger charge is -2.21. The number of urea groups is 1. The summed E-state index contributed by atoms with van der Waals surface area (Å²) in [5.41, 5.74) is -0.428. The molecule has 1 fully saturated rings. The van der Waals surface area contributed by atoms with Crippen LogP contribution in [0, 0.1) is 0 Å². The van der Waals surface area contributed by atoms with Crippen LogP contribution < -0.4 is 10.6 Å². The van der Waals surface area contributed by atoms with E-state index >= 15 is 0 Å². The largest absolute Gasteiger partial charge is 0.335 e. The van der Waals surface area contributed by atoms with Gasteiger partial charge in [0, 0.05) is 25.0 Å². The second-order valence-corrected chi connectivity index (χ2v) is 9.53. The van der Waals surface area contributed by atoms with Gasteiger partial charge < -0.3 is 14.8 Å². The van der Waals surface area contributed by atoms with E-state index in [1.54, 1.807) is 6.92 Å². The van der Waals surface area contributed by atoms with Crippen molar-refractivity contribution in [3.05, 3.63) is 5.82 Å². The van der Waals surface area contributed by atoms with Crippen LogP contribution in [0.3, 0.4) is 0 Å². The molecule has 2 N–H and O–H groups in total. The highest BCUT2D eigenvalue weighted by Crippen LogP contribution is 2.23. The zero-order valence-corrected chi connectivity index (χ0v) is 18.8. The van der Waals surface area contributed by atoms with Gasteiger partial charge in [-0.1, -0.05) is 18.2 Å². The molecule has 10 heteroatoms. The number of likely N-dealkylation sites (tertiary alicyclic amines) is 1. The van der Waals surface area contributed by atoms with Gasteiger partial charge in [-0.15, -0.1) is 10.2 Å². The van der Waals surface area contributed by atoms with Crippen LogP contribution in [0.15, 0.2) is 5.16 Å². The normalized spacial score (nSPS) is 16.3. The number of amides is 4. The van der Waals surface area contributed by atoms with Gasteiger partial charge in [-0.2, -0.15) is 0 Å². The van der Waals surface area contributed by atoms with Crippen LogP contribution in [0.5, 0.6) is 0 Å². The van der Waals surface area contributed by atoms with Crippen LogP contribution in [-0.2, 0) is 22.7 Å². The zero-order chi connectivity index (χ0) is 21.6. The predicted molar refractivity (Wildman–Crippen MR) is 111 cm³/mol. The van der Waals surface area contributed by atoms with Crippen LogP contribution in [0.1, 0.15) is 66.1 Å². The molecule has 1 aromatic rings. The number of nitrogens with zero attached hydrogens (tertiary/aromatic N) is 4. The Bertz CT molecular complexity index is 743. The van der Waals surface area contributed by atoms with Crippen molar-refractivity contribution >= 4 is 29.6 Å². The molecule has 0 aliphatic carbocycles. The van der Waals surface area contributed by atoms with Gasteiger partial charge in [0.05, 0.1) is 11.8 Å². The molecule has 0 aromatic carbocycles. The lowest BCUT2D eigenvalue weighted by molar-refractivity contribution is -0.131. The number of imide groups is 1. The topological polar surface area (TPSA) is 109 Å². The van der Waals surface area contributed by atoms with Crippen LogP contribution in [0.25, 0.3) is 0 Å². The molecular weight excluding hydrogens is 392 g/mol. The van der Waals surface area contributed by atoms with Gasteiger partial charge in [0.25, 0.3) is 0 Å². The minimum atomic E-state index is -0.525. The molecule has 1 aromatic heterocycles. The van der Waals surface area contributed by atoms with Crippen LogP contribution in [0.4, 0.5) is 4.79 Å². The van der Waals surface area contributed by atoms with E-state index in [4.69, 9.17) is 0 Å². The Hall–Kier alpha value is -2.10. The van der Waals surface area contributed by atoms with E-state index in [-0.39, 0.29) is 5.91 Å². The number of hydrogen-bond acceptors (Lipinski definition) is 6. The molecule has 2 heterocycles. The van der Waals surface area contributed by atoms with Gasteiger partial charge in [0.2, 0.25) is 11.8 Å². The molecule has 2 rings (SSSR count). The van der Waals surface area contributed by atoms with Crippen LogP contribution >= 0.6 is 11.8 Å². The summed E-state index contributed by atoms with van der Waals surface area (Å²) >= 11 is 1.24. The first-order valence-electron chi connectivity index (χ1n) is 10.1. The van der Waals surface area contributed by atoms with E-state index in [1.165, 1.54) is 11.8 Å². The number of carbonyl (C=O) groups excluding carboxylic acids is 3. The first-order chi connectivity index (χ1) is 13.6. The van der Waals surface area contributed by atoms with Gasteiger partial charge in [-0.25, -0.2) is 4.79 Å². The number of aromatic nitrogens is 3. The Morgan fingerprint density at radius 1 is 1.21 bits per heavy atom. The molecule has 1 saturated heterocycles. The molecule has 9 nitrogen and oxygen atoms in total. The summed E-state index contributed by atoms with van der Waals surface area (Å²) in [4.78, 5) is 38.4. The fourth-order valence-corrected chi connectivity index (χ4v) is 3.95. The van der Waals surface area contributed by atoms with E-state index in [0.717, 1.165) is 25.8 Å². The maximum atomic E-state index is 12.3. The highest BCUT2D eigenvalue weighted by atomic mass is 32.2. The molecule has 1 atom stereocenters. The number of hydrogen-bond donors (Lipinski definition) is 2. The summed E-state index contributed by atoms with van der Waals surface area (Å²) in [5.74, 6) is 0.468. The maximum Gasteiger partial charge on any atom is 0.321 e. The first kappa shape index (κ1) is 23.2. The highest BCUT2D eigenvalue weighted by molar-refractivity contribution is 8.00. The Morgan fingerprint density at radius 2 is 1.93 bits per heavy atom. The third-order valence-electron chi connectivity index (χ3n) is 4.49. The van der Waals surface area contributed by atoms with Gasteiger partial charge in [0.15, 0.2) is 11.0 Å². The van der Waals surface area contributed by atoms with Gasteiger partial charge in [-0.3, -0.25) is 14.9 Å². The predicted octanol–water partition coefficient (Wildman–Crippen LogP) is 2.31. The lowest BCUT2D eigenvalue weighted by Crippen LogP contribution is -2.49. The molecule has 0 spiro atoms. The first-order valence-corrected chi connectivity index (χ1v) is 11.0. The van der Waals surface area contributed by atoms with Crippen molar-refractivity contribution in [3.63, 3.8) is 0 Å². The molecule has 1 aliphatic rings. The maximum absolute atomic E-state index is 12.3. The molecule has 162 valence electrons. The van der Waals surface area contributed by atoms with Crippen LogP contribution in [0.2, 0.25) is 0 Å². The summed E-state index contributed by atoms with van der Waals surface area (Å²) < 4.78 is 1.92. The zero-order valence-electron chi connectivity index (χ0n) is 17.9. The van der Waals surface area contributed by atoms with Crippen molar-refractivity contribution in [1.29, 1.82) is 0 Å². The molecule has 0 bridgehead atoms. The van der Waals surface area contributed by atoms with Crippen LogP contribution in [-0.4, -0.2) is 54.8 Å². The SMILES string of the molecule is CCn1c(CN2CCCCCC2=O)nnc1S[C@H](C)C(=O)NC(=O)NC(C)(C)C. The standard InChI is InChI=1S/C19H32N6O3S/c1-6-25-14(12-24-11-9-7-8-10-15(24)26)22-23-18(25)29-13(2)16(27)20-17(28)21-19(3,4)5/h13H,6-12H2,1-5H3,(H2,20,21,27,28)/t13-/m1/s1. The Kier molecular flexibility index (Phi) is 8.06. The number of carbonyl (C=O) groups is 3. The monoisotopic (exact) mass is 424 g/mol. The van der Waals surface area contributed by atoms with E-state index in [2.05, 4.69) is 20.8 Å². The summed E-state index contributed by atoms with van der Waals surface area (Å²) in [6.07, 6.45) is 3.59. The van der Waals surface area contributed by atoms with Crippen molar-refractivity contribution in [2.45, 2.75) is 89.3 Å². The fraction of sp³-hybridized carbons (Fsp3) is 0.737. The van der Waals surface area contributed by atoms with E-state index < -0.39 is 22.7 Å². The molecule has 29 heavy (non-hydrogen) atoms. The van der Waals surface area contributed by atoms with Crippen molar-refractivity contribution in [3.8, 4) is 0 Å². The van der Waals surface area contributed by atoms with Gasteiger partial charge >= 0.3 is 6.03 Å².